The van der Waals surface area contributed by atoms with Crippen LogP contribution in [-0.2, 0) is 4.74 Å². The van der Waals surface area contributed by atoms with Gasteiger partial charge in [0.2, 0.25) is 0 Å². The average molecular weight is 252 g/mol. The van der Waals surface area contributed by atoms with E-state index in [0.717, 1.165) is 12.8 Å². The van der Waals surface area contributed by atoms with E-state index in [9.17, 15) is 9.18 Å². The first-order chi connectivity index (χ1) is 8.62. The first-order valence-electron chi connectivity index (χ1n) is 5.88. The number of benzene rings is 1. The molecule has 0 bridgehead atoms. The molecule has 18 heavy (non-hydrogen) atoms. The lowest BCUT2D eigenvalue weighted by molar-refractivity contribution is 0.0602. The maximum Gasteiger partial charge on any atom is 0.340 e. The third-order valence-corrected chi connectivity index (χ3v) is 3.38. The van der Waals surface area contributed by atoms with Crippen LogP contribution in [0.3, 0.4) is 0 Å². The van der Waals surface area contributed by atoms with Crippen molar-refractivity contribution in [1.82, 2.24) is 0 Å². The number of ether oxygens (including phenoxy) is 1. The normalized spacial score (nSPS) is 16.1. The van der Waals surface area contributed by atoms with Gasteiger partial charge >= 0.3 is 5.97 Å². The average Bonchev–Trinajstić information content (AvgIpc) is 3.17. The number of nitrogens with two attached hydrogens (primary N) is 1. The van der Waals surface area contributed by atoms with Crippen LogP contribution in [0.25, 0.3) is 0 Å². The lowest BCUT2D eigenvalue weighted by atomic mass is 10.1. The number of carbonyl (C=O) groups excluding carboxylic acids is 1. The topological polar surface area (TPSA) is 64.3 Å². The van der Waals surface area contributed by atoms with Gasteiger partial charge in [-0.2, -0.15) is 0 Å². The summed E-state index contributed by atoms with van der Waals surface area (Å²) >= 11 is 0. The minimum absolute atomic E-state index is 0.268. The molecular formula is C13H17FN2O2. The number of rotatable bonds is 5. The van der Waals surface area contributed by atoms with Gasteiger partial charge in [0.25, 0.3) is 0 Å². The second-order valence-corrected chi connectivity index (χ2v) is 4.75. The number of carbonyl (C=O) groups is 1. The van der Waals surface area contributed by atoms with Crippen LogP contribution in [0.15, 0.2) is 18.2 Å². The Kier molecular flexibility index (Phi) is 3.41. The van der Waals surface area contributed by atoms with Crippen LogP contribution in [0.5, 0.6) is 0 Å². The van der Waals surface area contributed by atoms with Crippen molar-refractivity contribution in [2.75, 3.05) is 31.4 Å². The van der Waals surface area contributed by atoms with E-state index in [2.05, 4.69) is 5.32 Å². The molecule has 0 aromatic heterocycles. The summed E-state index contributed by atoms with van der Waals surface area (Å²) < 4.78 is 17.5. The summed E-state index contributed by atoms with van der Waals surface area (Å²) in [4.78, 5) is 11.6. The number of hydrogen-bond donors (Lipinski definition) is 2. The Morgan fingerprint density at radius 3 is 2.83 bits per heavy atom. The van der Waals surface area contributed by atoms with Gasteiger partial charge in [0.15, 0.2) is 0 Å². The number of methoxy groups -OCH3 is 1. The van der Waals surface area contributed by atoms with Crippen molar-refractivity contribution in [2.45, 2.75) is 12.8 Å². The quantitative estimate of drug-likeness (QED) is 0.623. The number of nitrogen functional groups attached to an aromatic ring is 1. The van der Waals surface area contributed by atoms with Gasteiger partial charge in [-0.05, 0) is 25.0 Å². The zero-order chi connectivity index (χ0) is 13.2. The molecule has 0 unspecified atom stereocenters. The molecule has 1 saturated carbocycles. The molecule has 98 valence electrons. The van der Waals surface area contributed by atoms with Crippen molar-refractivity contribution in [1.29, 1.82) is 0 Å². The van der Waals surface area contributed by atoms with Crippen molar-refractivity contribution in [2.24, 2.45) is 5.41 Å². The molecule has 1 fully saturated rings. The number of anilines is 2. The second-order valence-electron chi connectivity index (χ2n) is 4.75. The van der Waals surface area contributed by atoms with Crippen molar-refractivity contribution < 1.29 is 13.9 Å². The van der Waals surface area contributed by atoms with Crippen LogP contribution in [0, 0.1) is 5.41 Å². The van der Waals surface area contributed by atoms with Gasteiger partial charge in [0, 0.05) is 12.0 Å². The molecule has 3 N–H and O–H groups in total. The molecule has 5 heteroatoms. The lowest BCUT2D eigenvalue weighted by Gasteiger charge is -2.16. The first kappa shape index (κ1) is 12.7. The highest BCUT2D eigenvalue weighted by atomic mass is 19.1. The number of hydrogen-bond acceptors (Lipinski definition) is 4. The van der Waals surface area contributed by atoms with Gasteiger partial charge < -0.3 is 15.8 Å². The van der Waals surface area contributed by atoms with Crippen LogP contribution in [0.4, 0.5) is 15.8 Å². The summed E-state index contributed by atoms with van der Waals surface area (Å²) in [6.45, 7) is 0.141. The van der Waals surface area contributed by atoms with E-state index in [-0.39, 0.29) is 12.1 Å². The highest BCUT2D eigenvalue weighted by Gasteiger charge is 2.42. The van der Waals surface area contributed by atoms with Gasteiger partial charge in [-0.25, -0.2) is 4.79 Å². The molecule has 0 spiro atoms. The van der Waals surface area contributed by atoms with E-state index >= 15 is 0 Å². The van der Waals surface area contributed by atoms with E-state index in [0.29, 0.717) is 23.5 Å². The Labute approximate surface area is 105 Å². The van der Waals surface area contributed by atoms with Gasteiger partial charge in [-0.3, -0.25) is 4.39 Å². The fourth-order valence-corrected chi connectivity index (χ4v) is 1.86. The van der Waals surface area contributed by atoms with Crippen molar-refractivity contribution in [3.8, 4) is 0 Å². The zero-order valence-electron chi connectivity index (χ0n) is 10.3. The number of para-hydroxylation sites is 1. The third-order valence-electron chi connectivity index (χ3n) is 3.38. The van der Waals surface area contributed by atoms with Crippen LogP contribution in [-0.4, -0.2) is 26.3 Å². The fourth-order valence-electron chi connectivity index (χ4n) is 1.86. The first-order valence-corrected chi connectivity index (χ1v) is 5.88. The highest BCUT2D eigenvalue weighted by molar-refractivity contribution is 5.98. The minimum Gasteiger partial charge on any atom is -0.465 e. The molecular weight excluding hydrogens is 235 g/mol. The Morgan fingerprint density at radius 2 is 2.28 bits per heavy atom. The van der Waals surface area contributed by atoms with Crippen LogP contribution in [0.2, 0.25) is 0 Å². The van der Waals surface area contributed by atoms with Crippen molar-refractivity contribution >= 4 is 17.3 Å². The summed E-state index contributed by atoms with van der Waals surface area (Å²) in [5, 5.41) is 3.08. The van der Waals surface area contributed by atoms with Crippen molar-refractivity contribution in [3.05, 3.63) is 23.8 Å². The molecule has 1 aliphatic rings. The fraction of sp³-hybridized carbons (Fsp3) is 0.462. The molecule has 1 aliphatic carbocycles. The number of halogens is 1. The highest BCUT2D eigenvalue weighted by Crippen LogP contribution is 2.46. The van der Waals surface area contributed by atoms with Gasteiger partial charge in [-0.15, -0.1) is 0 Å². The van der Waals surface area contributed by atoms with Crippen molar-refractivity contribution in [3.63, 3.8) is 0 Å². The molecule has 1 aromatic carbocycles. The summed E-state index contributed by atoms with van der Waals surface area (Å²) in [6, 6.07) is 5.03. The van der Waals surface area contributed by atoms with E-state index < -0.39 is 5.97 Å². The molecule has 0 saturated heterocycles. The standard InChI is InChI=1S/C13H17FN2O2/c1-18-12(17)9-3-2-4-10(15)11(9)16-8-13(7-14)5-6-13/h2-4,16H,5-8,15H2,1H3. The smallest absolute Gasteiger partial charge is 0.340 e. The predicted octanol–water partition coefficient (Wildman–Crippen LogP) is 2.22. The molecule has 4 nitrogen and oxygen atoms in total. The van der Waals surface area contributed by atoms with Crippen LogP contribution in [0.1, 0.15) is 23.2 Å². The molecule has 0 atom stereocenters. The molecule has 0 heterocycles. The monoisotopic (exact) mass is 252 g/mol. The maximum absolute atomic E-state index is 12.8. The molecule has 2 rings (SSSR count). The predicted molar refractivity (Wildman–Crippen MR) is 68.3 cm³/mol. The largest absolute Gasteiger partial charge is 0.465 e. The van der Waals surface area contributed by atoms with Gasteiger partial charge in [-0.1, -0.05) is 6.07 Å². The molecule has 0 amide bonds. The van der Waals surface area contributed by atoms with Crippen LogP contribution >= 0.6 is 0 Å². The molecule has 0 radical (unpaired) electrons. The van der Waals surface area contributed by atoms with E-state index in [4.69, 9.17) is 10.5 Å². The Morgan fingerprint density at radius 1 is 1.56 bits per heavy atom. The van der Waals surface area contributed by atoms with Gasteiger partial charge in [0.05, 0.1) is 30.7 Å². The summed E-state index contributed by atoms with van der Waals surface area (Å²) in [7, 11) is 1.32. The maximum atomic E-state index is 12.8. The number of nitrogens with one attached hydrogen (secondary N) is 1. The van der Waals surface area contributed by atoms with Gasteiger partial charge in [0.1, 0.15) is 0 Å². The second kappa shape index (κ2) is 4.84. The lowest BCUT2D eigenvalue weighted by Crippen LogP contribution is -2.19. The molecule has 0 aliphatic heterocycles. The summed E-state index contributed by atoms with van der Waals surface area (Å²) in [5.74, 6) is -0.449. The summed E-state index contributed by atoms with van der Waals surface area (Å²) in [6.07, 6.45) is 1.74. The van der Waals surface area contributed by atoms with Crippen LogP contribution < -0.4 is 11.1 Å². The van der Waals surface area contributed by atoms with E-state index in [1.165, 1.54) is 7.11 Å². The third kappa shape index (κ3) is 2.39. The number of alkyl halides is 1. The molecule has 1 aromatic rings. The Hall–Kier alpha value is -1.78. The SMILES string of the molecule is COC(=O)c1cccc(N)c1NCC1(CF)CC1. The Balaban J connectivity index is 2.18. The zero-order valence-corrected chi connectivity index (χ0v) is 10.3. The number of esters is 1. The van der Waals surface area contributed by atoms with E-state index in [1.54, 1.807) is 18.2 Å². The minimum atomic E-state index is -0.449. The Bertz CT molecular complexity index is 458. The van der Waals surface area contributed by atoms with E-state index in [1.807, 2.05) is 0 Å². The summed E-state index contributed by atoms with van der Waals surface area (Å²) in [5.41, 5.74) is 6.95.